The van der Waals surface area contributed by atoms with Gasteiger partial charge in [-0.25, -0.2) is 8.78 Å². The third-order valence-corrected chi connectivity index (χ3v) is 1.20. The third kappa shape index (κ3) is 2.18. The fourth-order valence-electron chi connectivity index (χ4n) is 0.689. The van der Waals surface area contributed by atoms with E-state index in [-0.39, 0.29) is 13.1 Å². The molecule has 0 saturated heterocycles. The third-order valence-electron chi connectivity index (χ3n) is 1.20. The molecule has 0 aromatic heterocycles. The second kappa shape index (κ2) is 3.91. The van der Waals surface area contributed by atoms with E-state index in [1.54, 1.807) is 0 Å². The van der Waals surface area contributed by atoms with E-state index < -0.39 is 11.6 Å². The van der Waals surface area contributed by atoms with Gasteiger partial charge in [0.25, 0.3) is 0 Å². The van der Waals surface area contributed by atoms with Crippen molar-refractivity contribution in [1.82, 2.24) is 0 Å². The van der Waals surface area contributed by atoms with Crippen LogP contribution in [0.2, 0.25) is 0 Å². The molecule has 0 aliphatic carbocycles. The fraction of sp³-hybridized carbons (Fsp3) is 0.250. The Morgan fingerprint density at radius 1 is 1.27 bits per heavy atom. The monoisotopic (exact) mass is 159 g/mol. The molecule has 62 valence electrons. The van der Waals surface area contributed by atoms with Crippen LogP contribution in [-0.2, 0) is 0 Å². The Balaban J connectivity index is 0.000001000. The van der Waals surface area contributed by atoms with Gasteiger partial charge in [0.1, 0.15) is 11.6 Å². The van der Waals surface area contributed by atoms with Crippen LogP contribution in [0.3, 0.4) is 0 Å². The van der Waals surface area contributed by atoms with Gasteiger partial charge in [-0.3, -0.25) is 0 Å². The van der Waals surface area contributed by atoms with Crippen LogP contribution in [0.1, 0.15) is 7.43 Å². The zero-order chi connectivity index (χ0) is 7.56. The molecule has 0 heterocycles. The second-order valence-corrected chi connectivity index (χ2v) is 1.87. The minimum Gasteiger partial charge on any atom is -0.386 e. The van der Waals surface area contributed by atoms with Crippen molar-refractivity contribution in [2.75, 3.05) is 12.4 Å². The van der Waals surface area contributed by atoms with Gasteiger partial charge < -0.3 is 5.32 Å². The van der Waals surface area contributed by atoms with Crippen molar-refractivity contribution in [3.05, 3.63) is 29.8 Å². The molecule has 0 aliphatic heterocycles. The van der Waals surface area contributed by atoms with Gasteiger partial charge in [0.05, 0.1) is 5.69 Å². The topological polar surface area (TPSA) is 12.0 Å². The molecule has 0 spiro atoms. The lowest BCUT2D eigenvalue weighted by atomic mass is 10.3. The van der Waals surface area contributed by atoms with Crippen LogP contribution in [0, 0.1) is 11.6 Å². The average Bonchev–Trinajstić information content (AvgIpc) is 1.94. The number of hydrogen-bond acceptors (Lipinski definition) is 1. The molecular weight excluding hydrogens is 148 g/mol. The summed E-state index contributed by atoms with van der Waals surface area (Å²) in [4.78, 5) is 0. The quantitative estimate of drug-likeness (QED) is 0.664. The Bertz CT molecular complexity index is 236. The van der Waals surface area contributed by atoms with Crippen LogP contribution in [-0.4, -0.2) is 7.05 Å². The normalized spacial score (nSPS) is 8.64. The zero-order valence-electron chi connectivity index (χ0n) is 5.49. The highest BCUT2D eigenvalue weighted by molar-refractivity contribution is 5.43. The first kappa shape index (κ1) is 9.88. The summed E-state index contributed by atoms with van der Waals surface area (Å²) in [6, 6.07) is 3.27. The standard InChI is InChI=1S/C7H7F2N.CH4/c1-10-7-4-5(8)2-3-6(7)9;/h2-4,10H,1H3;1H4. The summed E-state index contributed by atoms with van der Waals surface area (Å²) in [5, 5.41) is 2.52. The lowest BCUT2D eigenvalue weighted by Crippen LogP contribution is -1.92. The van der Waals surface area contributed by atoms with Crippen molar-refractivity contribution in [2.24, 2.45) is 0 Å². The summed E-state index contributed by atoms with van der Waals surface area (Å²) in [5.41, 5.74) is 0.181. The molecule has 1 rings (SSSR count). The van der Waals surface area contributed by atoms with E-state index in [1.807, 2.05) is 0 Å². The van der Waals surface area contributed by atoms with Gasteiger partial charge in [0, 0.05) is 7.05 Å². The lowest BCUT2D eigenvalue weighted by Gasteiger charge is -1.99. The highest BCUT2D eigenvalue weighted by Crippen LogP contribution is 2.13. The van der Waals surface area contributed by atoms with Crippen LogP contribution in [0.15, 0.2) is 18.2 Å². The molecule has 0 saturated carbocycles. The van der Waals surface area contributed by atoms with Crippen molar-refractivity contribution in [3.8, 4) is 0 Å². The first-order valence-corrected chi connectivity index (χ1v) is 2.87. The number of hydrogen-bond donors (Lipinski definition) is 1. The van der Waals surface area contributed by atoms with Crippen molar-refractivity contribution < 1.29 is 8.78 Å². The SMILES string of the molecule is C.CNc1cc(F)ccc1F. The second-order valence-electron chi connectivity index (χ2n) is 1.87. The Morgan fingerprint density at radius 2 is 1.91 bits per heavy atom. The maximum atomic E-state index is 12.5. The molecule has 0 amide bonds. The van der Waals surface area contributed by atoms with Gasteiger partial charge in [-0.2, -0.15) is 0 Å². The molecule has 0 fully saturated rings. The molecule has 0 bridgehead atoms. The van der Waals surface area contributed by atoms with Crippen molar-refractivity contribution >= 4 is 5.69 Å². The molecule has 1 aromatic rings. The lowest BCUT2D eigenvalue weighted by molar-refractivity contribution is 0.603. The summed E-state index contributed by atoms with van der Waals surface area (Å²) in [5.74, 6) is -0.880. The van der Waals surface area contributed by atoms with Gasteiger partial charge in [0.2, 0.25) is 0 Å². The molecule has 0 unspecified atom stereocenters. The fourth-order valence-corrected chi connectivity index (χ4v) is 0.689. The molecule has 1 nitrogen and oxygen atoms in total. The Morgan fingerprint density at radius 3 is 2.36 bits per heavy atom. The van der Waals surface area contributed by atoms with Crippen LogP contribution >= 0.6 is 0 Å². The van der Waals surface area contributed by atoms with Gasteiger partial charge in [0.15, 0.2) is 0 Å². The molecule has 3 heteroatoms. The van der Waals surface area contributed by atoms with Crippen molar-refractivity contribution in [3.63, 3.8) is 0 Å². The summed E-state index contributed by atoms with van der Waals surface area (Å²) >= 11 is 0. The average molecular weight is 159 g/mol. The Labute approximate surface area is 65.0 Å². The molecule has 0 radical (unpaired) electrons. The predicted molar refractivity (Wildman–Crippen MR) is 42.6 cm³/mol. The first-order chi connectivity index (χ1) is 4.74. The molecule has 1 N–H and O–H groups in total. The van der Waals surface area contributed by atoms with Gasteiger partial charge >= 0.3 is 0 Å². The molecule has 11 heavy (non-hydrogen) atoms. The van der Waals surface area contributed by atoms with E-state index in [0.29, 0.717) is 0 Å². The van der Waals surface area contributed by atoms with E-state index in [4.69, 9.17) is 0 Å². The number of rotatable bonds is 1. The largest absolute Gasteiger partial charge is 0.386 e. The summed E-state index contributed by atoms with van der Waals surface area (Å²) in [6.07, 6.45) is 0. The van der Waals surface area contributed by atoms with Crippen molar-refractivity contribution in [1.29, 1.82) is 0 Å². The maximum Gasteiger partial charge on any atom is 0.146 e. The minimum absolute atomic E-state index is 0. The molecular formula is C8H11F2N. The number of anilines is 1. The van der Waals surface area contributed by atoms with E-state index in [1.165, 1.54) is 7.05 Å². The first-order valence-electron chi connectivity index (χ1n) is 2.87. The summed E-state index contributed by atoms with van der Waals surface area (Å²) < 4.78 is 24.9. The highest BCUT2D eigenvalue weighted by Gasteiger charge is 1.99. The zero-order valence-corrected chi connectivity index (χ0v) is 5.49. The minimum atomic E-state index is -0.441. The van der Waals surface area contributed by atoms with Crippen LogP contribution < -0.4 is 5.32 Å². The van der Waals surface area contributed by atoms with Gasteiger partial charge in [-0.05, 0) is 18.2 Å². The van der Waals surface area contributed by atoms with E-state index >= 15 is 0 Å². The van der Waals surface area contributed by atoms with Crippen LogP contribution in [0.5, 0.6) is 0 Å². The van der Waals surface area contributed by atoms with Crippen LogP contribution in [0.4, 0.5) is 14.5 Å². The maximum absolute atomic E-state index is 12.5. The smallest absolute Gasteiger partial charge is 0.146 e. The van der Waals surface area contributed by atoms with Crippen LogP contribution in [0.25, 0.3) is 0 Å². The van der Waals surface area contributed by atoms with E-state index in [9.17, 15) is 8.78 Å². The number of halogens is 2. The predicted octanol–water partition coefficient (Wildman–Crippen LogP) is 2.64. The summed E-state index contributed by atoms with van der Waals surface area (Å²) in [7, 11) is 1.54. The van der Waals surface area contributed by atoms with E-state index in [2.05, 4.69) is 5.32 Å². The molecule has 0 atom stereocenters. The Kier molecular flexibility index (Phi) is 3.51. The highest BCUT2D eigenvalue weighted by atomic mass is 19.1. The number of nitrogens with one attached hydrogen (secondary N) is 1. The van der Waals surface area contributed by atoms with Gasteiger partial charge in [-0.15, -0.1) is 0 Å². The van der Waals surface area contributed by atoms with E-state index in [0.717, 1.165) is 18.2 Å². The molecule has 0 aliphatic rings. The summed E-state index contributed by atoms with van der Waals surface area (Å²) in [6.45, 7) is 0. The number of benzene rings is 1. The Hall–Kier alpha value is -1.12. The van der Waals surface area contributed by atoms with Crippen molar-refractivity contribution in [2.45, 2.75) is 7.43 Å². The molecule has 1 aromatic carbocycles. The van der Waals surface area contributed by atoms with Gasteiger partial charge in [-0.1, -0.05) is 7.43 Å².